The molecule has 1 aliphatic rings. The topological polar surface area (TPSA) is 90.5 Å². The second-order valence-electron chi connectivity index (χ2n) is 8.73. The molecule has 0 radical (unpaired) electrons. The van der Waals surface area contributed by atoms with E-state index in [2.05, 4.69) is 46.6 Å². The van der Waals surface area contributed by atoms with Crippen LogP contribution in [0.4, 0.5) is 0 Å². The number of aromatic nitrogens is 2. The molecule has 3 N–H and O–H groups in total. The molecule has 1 fully saturated rings. The van der Waals surface area contributed by atoms with Gasteiger partial charge in [-0.2, -0.15) is 0 Å². The number of thioether (sulfide) groups is 1. The van der Waals surface area contributed by atoms with E-state index in [1.807, 2.05) is 43.3 Å². The van der Waals surface area contributed by atoms with Gasteiger partial charge in [0.15, 0.2) is 10.6 Å². The van der Waals surface area contributed by atoms with Crippen LogP contribution < -0.4 is 5.73 Å². The molecule has 5 rings (SSSR count). The third-order valence-corrected chi connectivity index (χ3v) is 8.35. The van der Waals surface area contributed by atoms with Crippen molar-refractivity contribution in [3.05, 3.63) is 100 Å². The first kappa shape index (κ1) is 25.1. The fourth-order valence-electron chi connectivity index (χ4n) is 4.32. The molecule has 8 heteroatoms. The first-order valence-corrected chi connectivity index (χ1v) is 13.7. The number of hydrogen-bond acceptors (Lipinski definition) is 8. The van der Waals surface area contributed by atoms with E-state index >= 15 is 0 Å². The standard InChI is InChI=1S/C28H29N3O3S2/c1-18-30-31-28(36-18)35-17-24-14-26(21-8-6-19(16-32)7-9-21)34-27(33-24)22-12-10-20(11-13-22)25-5-3-2-4-23(25)15-29/h2-13,24,26-27,32H,14-17,29H2,1H3. The Morgan fingerprint density at radius 3 is 2.42 bits per heavy atom. The van der Waals surface area contributed by atoms with Gasteiger partial charge in [0, 0.05) is 24.3 Å². The van der Waals surface area contributed by atoms with Crippen molar-refractivity contribution < 1.29 is 14.6 Å². The monoisotopic (exact) mass is 519 g/mol. The van der Waals surface area contributed by atoms with Crippen molar-refractivity contribution in [2.45, 2.75) is 49.3 Å². The minimum absolute atomic E-state index is 0.0156. The summed E-state index contributed by atoms with van der Waals surface area (Å²) in [7, 11) is 0. The Hall–Kier alpha value is -2.59. The summed E-state index contributed by atoms with van der Waals surface area (Å²) >= 11 is 3.27. The molecule has 3 atom stereocenters. The Labute approximate surface area is 219 Å². The summed E-state index contributed by atoms with van der Waals surface area (Å²) in [5.74, 6) is 0.766. The van der Waals surface area contributed by atoms with Crippen LogP contribution in [0.15, 0.2) is 77.1 Å². The zero-order chi connectivity index (χ0) is 24.9. The summed E-state index contributed by atoms with van der Waals surface area (Å²) in [6.07, 6.45) is 0.123. The number of ether oxygens (including phenoxy) is 2. The second-order valence-corrected chi connectivity index (χ2v) is 11.2. The molecular weight excluding hydrogens is 490 g/mol. The predicted octanol–water partition coefficient (Wildman–Crippen LogP) is 5.80. The number of aliphatic hydroxyl groups excluding tert-OH is 1. The zero-order valence-corrected chi connectivity index (χ0v) is 21.7. The molecule has 2 heterocycles. The van der Waals surface area contributed by atoms with Gasteiger partial charge in [0.1, 0.15) is 5.01 Å². The molecule has 1 aliphatic heterocycles. The van der Waals surface area contributed by atoms with Crippen LogP contribution in [0, 0.1) is 6.92 Å². The number of aryl methyl sites for hydroxylation is 1. The number of nitrogens with zero attached hydrogens (tertiary/aromatic N) is 2. The van der Waals surface area contributed by atoms with Crippen LogP contribution >= 0.6 is 23.1 Å². The van der Waals surface area contributed by atoms with Gasteiger partial charge in [-0.25, -0.2) is 0 Å². The average molecular weight is 520 g/mol. The Balaban J connectivity index is 1.37. The van der Waals surface area contributed by atoms with Crippen LogP contribution in [0.3, 0.4) is 0 Å². The van der Waals surface area contributed by atoms with E-state index < -0.39 is 6.29 Å². The van der Waals surface area contributed by atoms with Gasteiger partial charge in [-0.15, -0.1) is 10.2 Å². The highest BCUT2D eigenvalue weighted by Gasteiger charge is 2.32. The summed E-state index contributed by atoms with van der Waals surface area (Å²) < 4.78 is 13.9. The molecule has 0 aliphatic carbocycles. The molecule has 3 unspecified atom stereocenters. The average Bonchev–Trinajstić information content (AvgIpc) is 3.36. The Kier molecular flexibility index (Phi) is 8.11. The summed E-state index contributed by atoms with van der Waals surface area (Å²) in [6.45, 7) is 2.49. The fraction of sp³-hybridized carbons (Fsp3) is 0.286. The normalized spacial score (nSPS) is 19.9. The van der Waals surface area contributed by atoms with Crippen molar-refractivity contribution in [1.82, 2.24) is 10.2 Å². The van der Waals surface area contributed by atoms with Crippen molar-refractivity contribution in [2.24, 2.45) is 5.73 Å². The van der Waals surface area contributed by atoms with Crippen LogP contribution in [-0.2, 0) is 22.6 Å². The highest BCUT2D eigenvalue weighted by molar-refractivity contribution is 8.01. The Morgan fingerprint density at radius 2 is 1.72 bits per heavy atom. The van der Waals surface area contributed by atoms with Gasteiger partial charge >= 0.3 is 0 Å². The minimum Gasteiger partial charge on any atom is -0.392 e. The lowest BCUT2D eigenvalue weighted by atomic mass is 9.98. The quantitative estimate of drug-likeness (QED) is 0.284. The van der Waals surface area contributed by atoms with Crippen LogP contribution in [0.1, 0.15) is 46.1 Å². The van der Waals surface area contributed by atoms with Gasteiger partial charge in [0.25, 0.3) is 0 Å². The largest absolute Gasteiger partial charge is 0.392 e. The second kappa shape index (κ2) is 11.6. The van der Waals surface area contributed by atoms with Gasteiger partial charge < -0.3 is 20.3 Å². The van der Waals surface area contributed by atoms with Gasteiger partial charge in [0.05, 0.1) is 18.8 Å². The summed E-state index contributed by atoms with van der Waals surface area (Å²) in [6, 6.07) is 24.5. The van der Waals surface area contributed by atoms with E-state index in [1.54, 1.807) is 23.1 Å². The number of rotatable bonds is 8. The Morgan fingerprint density at radius 1 is 0.972 bits per heavy atom. The lowest BCUT2D eigenvalue weighted by molar-refractivity contribution is -0.245. The fourth-order valence-corrected chi connectivity index (χ4v) is 6.18. The van der Waals surface area contributed by atoms with Crippen molar-refractivity contribution in [1.29, 1.82) is 0 Å². The molecule has 6 nitrogen and oxygen atoms in total. The van der Waals surface area contributed by atoms with Crippen LogP contribution in [0.25, 0.3) is 11.1 Å². The van der Waals surface area contributed by atoms with Crippen molar-refractivity contribution >= 4 is 23.1 Å². The molecule has 0 saturated carbocycles. The van der Waals surface area contributed by atoms with E-state index in [9.17, 15) is 5.11 Å². The highest BCUT2D eigenvalue weighted by atomic mass is 32.2. The minimum atomic E-state index is -0.484. The maximum Gasteiger partial charge on any atom is 0.184 e. The van der Waals surface area contributed by atoms with E-state index in [0.717, 1.165) is 54.9 Å². The van der Waals surface area contributed by atoms with E-state index in [0.29, 0.717) is 6.54 Å². The molecule has 1 aromatic heterocycles. The van der Waals surface area contributed by atoms with Gasteiger partial charge in [-0.3, -0.25) is 0 Å². The molecule has 0 spiro atoms. The molecule has 3 aromatic carbocycles. The highest BCUT2D eigenvalue weighted by Crippen LogP contribution is 2.40. The van der Waals surface area contributed by atoms with Crippen LogP contribution in [-0.4, -0.2) is 27.2 Å². The molecule has 0 amide bonds. The zero-order valence-electron chi connectivity index (χ0n) is 20.0. The number of nitrogens with two attached hydrogens (primary N) is 1. The van der Waals surface area contributed by atoms with Crippen molar-refractivity contribution in [2.75, 3.05) is 5.75 Å². The van der Waals surface area contributed by atoms with Crippen LogP contribution in [0.5, 0.6) is 0 Å². The lowest BCUT2D eigenvalue weighted by Crippen LogP contribution is -2.31. The number of benzene rings is 3. The van der Waals surface area contributed by atoms with Gasteiger partial charge in [-0.1, -0.05) is 95.9 Å². The molecule has 1 saturated heterocycles. The summed E-state index contributed by atoms with van der Waals surface area (Å²) in [5.41, 5.74) is 12.3. The predicted molar refractivity (Wildman–Crippen MR) is 144 cm³/mol. The van der Waals surface area contributed by atoms with Crippen molar-refractivity contribution in [3.63, 3.8) is 0 Å². The molecule has 4 aromatic rings. The molecule has 0 bridgehead atoms. The van der Waals surface area contributed by atoms with E-state index in [1.165, 1.54) is 0 Å². The third kappa shape index (κ3) is 5.86. The van der Waals surface area contributed by atoms with Crippen LogP contribution in [0.2, 0.25) is 0 Å². The number of hydrogen-bond donors (Lipinski definition) is 2. The summed E-state index contributed by atoms with van der Waals surface area (Å²) in [5, 5.41) is 18.7. The first-order valence-electron chi connectivity index (χ1n) is 11.9. The maximum absolute atomic E-state index is 9.42. The smallest absolute Gasteiger partial charge is 0.184 e. The SMILES string of the molecule is Cc1nnc(SCC2CC(c3ccc(CO)cc3)OC(c3ccc(-c4ccccc4CN)cc3)O2)s1. The molecule has 186 valence electrons. The van der Waals surface area contributed by atoms with E-state index in [-0.39, 0.29) is 18.8 Å². The van der Waals surface area contributed by atoms with Gasteiger partial charge in [0.2, 0.25) is 0 Å². The lowest BCUT2D eigenvalue weighted by Gasteiger charge is -2.36. The van der Waals surface area contributed by atoms with Crippen molar-refractivity contribution in [3.8, 4) is 11.1 Å². The molecular formula is C28H29N3O3S2. The number of aliphatic hydroxyl groups is 1. The Bertz CT molecular complexity index is 1280. The third-order valence-electron chi connectivity index (χ3n) is 6.25. The molecule has 36 heavy (non-hydrogen) atoms. The first-order chi connectivity index (χ1) is 17.6. The maximum atomic E-state index is 9.42. The van der Waals surface area contributed by atoms with Gasteiger partial charge in [-0.05, 0) is 34.7 Å². The van der Waals surface area contributed by atoms with E-state index in [4.69, 9.17) is 15.2 Å². The summed E-state index contributed by atoms with van der Waals surface area (Å²) in [4.78, 5) is 0.